The number of aromatic nitrogens is 1. The first-order valence-electron chi connectivity index (χ1n) is 11.4. The van der Waals surface area contributed by atoms with Crippen LogP contribution >= 0.6 is 0 Å². The van der Waals surface area contributed by atoms with Crippen LogP contribution in [-0.2, 0) is 14.0 Å². The van der Waals surface area contributed by atoms with E-state index in [9.17, 15) is 4.79 Å². The van der Waals surface area contributed by atoms with Gasteiger partial charge in [-0.05, 0) is 80.2 Å². The molecule has 1 aromatic rings. The van der Waals surface area contributed by atoms with Gasteiger partial charge in [-0.25, -0.2) is 9.78 Å². The van der Waals surface area contributed by atoms with E-state index in [2.05, 4.69) is 50.0 Å². The third-order valence-corrected chi connectivity index (χ3v) is 7.01. The van der Waals surface area contributed by atoms with Gasteiger partial charge in [0.25, 0.3) is 0 Å². The molecule has 4 heterocycles. The maximum atomic E-state index is 12.2. The highest BCUT2D eigenvalue weighted by molar-refractivity contribution is 6.62. The maximum absolute atomic E-state index is 12.2. The van der Waals surface area contributed by atoms with Gasteiger partial charge in [-0.15, -0.1) is 0 Å². The largest absolute Gasteiger partial charge is 0.496 e. The number of hydrogen-bond acceptors (Lipinski definition) is 6. The molecule has 0 aromatic carbocycles. The number of alkyl carbamates (subject to hydrolysis) is 1. The van der Waals surface area contributed by atoms with Crippen LogP contribution in [0.25, 0.3) is 0 Å². The van der Waals surface area contributed by atoms with Crippen molar-refractivity contribution in [2.24, 2.45) is 0 Å². The molecular weight excluding hydrogens is 393 g/mol. The number of ether oxygens (including phenoxy) is 1. The molecule has 0 saturated carbocycles. The Hall–Kier alpha value is -1.80. The molecule has 1 aromatic heterocycles. The monoisotopic (exact) mass is 429 g/mol. The van der Waals surface area contributed by atoms with E-state index in [1.165, 1.54) is 0 Å². The Labute approximate surface area is 186 Å². The molecular formula is C23H36BN3O4. The zero-order valence-corrected chi connectivity index (χ0v) is 19.9. The molecule has 0 unspecified atom stereocenters. The van der Waals surface area contributed by atoms with Crippen LogP contribution in [0.15, 0.2) is 18.3 Å². The molecule has 3 aliphatic rings. The van der Waals surface area contributed by atoms with Crippen molar-refractivity contribution in [1.29, 1.82) is 0 Å². The number of carbonyl (C=O) groups is 1. The first-order valence-corrected chi connectivity index (χ1v) is 11.4. The highest BCUT2D eigenvalue weighted by Crippen LogP contribution is 2.39. The number of rotatable bonds is 3. The normalized spacial score (nSPS) is 29.2. The summed E-state index contributed by atoms with van der Waals surface area (Å²) in [5, 5.41) is 3.07. The van der Waals surface area contributed by atoms with Crippen molar-refractivity contribution in [3.63, 3.8) is 0 Å². The fourth-order valence-electron chi connectivity index (χ4n) is 4.81. The predicted octanol–water partition coefficient (Wildman–Crippen LogP) is 3.41. The number of piperidine rings is 1. The third kappa shape index (κ3) is 4.56. The zero-order valence-electron chi connectivity index (χ0n) is 19.9. The molecule has 31 heavy (non-hydrogen) atoms. The Morgan fingerprint density at radius 2 is 1.71 bits per heavy atom. The Morgan fingerprint density at radius 3 is 2.19 bits per heavy atom. The van der Waals surface area contributed by atoms with Gasteiger partial charge in [0.2, 0.25) is 0 Å². The lowest BCUT2D eigenvalue weighted by Gasteiger charge is -2.40. The van der Waals surface area contributed by atoms with Gasteiger partial charge in [-0.1, -0.05) is 6.07 Å². The van der Waals surface area contributed by atoms with Crippen LogP contribution in [0.1, 0.15) is 74.1 Å². The molecule has 2 bridgehead atoms. The summed E-state index contributed by atoms with van der Waals surface area (Å²) in [6.07, 6.45) is 5.62. The molecule has 170 valence electrons. The van der Waals surface area contributed by atoms with Crippen molar-refractivity contribution in [2.45, 2.75) is 109 Å². The second kappa shape index (κ2) is 7.66. The van der Waals surface area contributed by atoms with Crippen LogP contribution in [0.3, 0.4) is 0 Å². The van der Waals surface area contributed by atoms with Crippen LogP contribution in [0.5, 0.6) is 0 Å². The van der Waals surface area contributed by atoms with Gasteiger partial charge in [0, 0.05) is 29.8 Å². The standard InChI is InChI=1S/C23H36BN3O4/c1-21(2,3)29-20(28)26-16-12-17-9-10-18(13-16)27(17)19-11-8-15(14-25-19)24-30-22(4,5)23(6,7)31-24/h8,11,14,16-18H,9-10,12-13H2,1-7H3,(H,26,28)/t16-,17+,18-. The van der Waals surface area contributed by atoms with E-state index in [-0.39, 0.29) is 23.3 Å². The molecule has 1 amide bonds. The van der Waals surface area contributed by atoms with Gasteiger partial charge in [-0.3, -0.25) is 0 Å². The molecule has 3 fully saturated rings. The van der Waals surface area contributed by atoms with Crippen molar-refractivity contribution in [3.8, 4) is 0 Å². The van der Waals surface area contributed by atoms with Crippen molar-refractivity contribution < 1.29 is 18.8 Å². The van der Waals surface area contributed by atoms with Gasteiger partial charge in [0.05, 0.1) is 11.2 Å². The number of nitrogens with one attached hydrogen (secondary N) is 1. The predicted molar refractivity (Wildman–Crippen MR) is 122 cm³/mol. The molecule has 4 rings (SSSR count). The Kier molecular flexibility index (Phi) is 5.53. The minimum atomic E-state index is -0.480. The van der Waals surface area contributed by atoms with Gasteiger partial charge in [0.15, 0.2) is 0 Å². The number of anilines is 1. The van der Waals surface area contributed by atoms with E-state index >= 15 is 0 Å². The highest BCUT2D eigenvalue weighted by atomic mass is 16.7. The second-order valence-corrected chi connectivity index (χ2v) is 11.1. The van der Waals surface area contributed by atoms with Gasteiger partial charge < -0.3 is 24.3 Å². The van der Waals surface area contributed by atoms with Crippen molar-refractivity contribution in [2.75, 3.05) is 4.90 Å². The van der Waals surface area contributed by atoms with Gasteiger partial charge >= 0.3 is 13.2 Å². The smallest absolute Gasteiger partial charge is 0.444 e. The van der Waals surface area contributed by atoms with Gasteiger partial charge in [0.1, 0.15) is 11.4 Å². The lowest BCUT2D eigenvalue weighted by Crippen LogP contribution is -2.51. The third-order valence-electron chi connectivity index (χ3n) is 7.01. The molecule has 0 spiro atoms. The van der Waals surface area contributed by atoms with E-state index in [0.717, 1.165) is 37.0 Å². The average Bonchev–Trinajstić information content (AvgIpc) is 3.02. The summed E-state index contributed by atoms with van der Waals surface area (Å²) >= 11 is 0. The lowest BCUT2D eigenvalue weighted by atomic mass is 9.80. The summed E-state index contributed by atoms with van der Waals surface area (Å²) in [5.74, 6) is 0.989. The first-order chi connectivity index (χ1) is 14.3. The molecule has 3 saturated heterocycles. The van der Waals surface area contributed by atoms with E-state index in [1.807, 2.05) is 27.0 Å². The van der Waals surface area contributed by atoms with Crippen LogP contribution in [0.2, 0.25) is 0 Å². The SMILES string of the molecule is CC(C)(C)OC(=O)N[C@H]1C[C@H]2CC[C@@H](C1)N2c1ccc(B2OC(C)(C)C(C)(C)O2)cn1. The zero-order chi connectivity index (χ0) is 22.6. The van der Waals surface area contributed by atoms with Crippen molar-refractivity contribution in [3.05, 3.63) is 18.3 Å². The summed E-state index contributed by atoms with van der Waals surface area (Å²) in [4.78, 5) is 19.4. The number of fused-ring (bicyclic) bond motifs is 2. The topological polar surface area (TPSA) is 72.9 Å². The minimum Gasteiger partial charge on any atom is -0.444 e. The van der Waals surface area contributed by atoms with E-state index in [0.29, 0.717) is 12.1 Å². The van der Waals surface area contributed by atoms with Crippen LogP contribution in [0.4, 0.5) is 10.6 Å². The summed E-state index contributed by atoms with van der Waals surface area (Å²) in [7, 11) is -0.396. The molecule has 0 aliphatic carbocycles. The van der Waals surface area contributed by atoms with Crippen molar-refractivity contribution >= 4 is 24.5 Å². The Bertz CT molecular complexity index is 791. The summed E-state index contributed by atoms with van der Waals surface area (Å²) in [5.41, 5.74) is -0.264. The molecule has 3 aliphatic heterocycles. The number of pyridine rings is 1. The van der Waals surface area contributed by atoms with Crippen molar-refractivity contribution in [1.82, 2.24) is 10.3 Å². The minimum absolute atomic E-state index is 0.146. The van der Waals surface area contributed by atoms with Crippen LogP contribution in [-0.4, -0.2) is 53.1 Å². The first kappa shape index (κ1) is 22.4. The Morgan fingerprint density at radius 1 is 1.13 bits per heavy atom. The summed E-state index contributed by atoms with van der Waals surface area (Å²) < 4.78 is 17.7. The fourth-order valence-corrected chi connectivity index (χ4v) is 4.81. The highest BCUT2D eigenvalue weighted by Gasteiger charge is 2.52. The Balaban J connectivity index is 1.40. The van der Waals surface area contributed by atoms with Gasteiger partial charge in [-0.2, -0.15) is 0 Å². The molecule has 7 nitrogen and oxygen atoms in total. The number of nitrogens with zero attached hydrogens (tertiary/aromatic N) is 2. The van der Waals surface area contributed by atoms with Crippen LogP contribution < -0.4 is 15.7 Å². The molecule has 3 atom stereocenters. The number of amides is 1. The quantitative estimate of drug-likeness (QED) is 0.743. The fraction of sp³-hybridized carbons (Fsp3) is 0.739. The van der Waals surface area contributed by atoms with E-state index in [4.69, 9.17) is 19.0 Å². The second-order valence-electron chi connectivity index (χ2n) is 11.1. The number of carbonyl (C=O) groups excluding carboxylic acids is 1. The lowest BCUT2D eigenvalue weighted by molar-refractivity contribution is 0.00578. The number of hydrogen-bond donors (Lipinski definition) is 1. The molecule has 0 radical (unpaired) electrons. The van der Waals surface area contributed by atoms with E-state index < -0.39 is 12.7 Å². The summed E-state index contributed by atoms with van der Waals surface area (Å²) in [6, 6.07) is 5.05. The molecule has 8 heteroatoms. The van der Waals surface area contributed by atoms with Crippen LogP contribution in [0, 0.1) is 0 Å². The summed E-state index contributed by atoms with van der Waals surface area (Å²) in [6.45, 7) is 13.9. The average molecular weight is 429 g/mol. The molecule has 1 N–H and O–H groups in total. The van der Waals surface area contributed by atoms with E-state index in [1.54, 1.807) is 0 Å². The maximum Gasteiger partial charge on any atom is 0.496 e.